The van der Waals surface area contributed by atoms with Crippen molar-refractivity contribution in [2.24, 2.45) is 4.99 Å². The maximum Gasteiger partial charge on any atom is 0.328 e. The van der Waals surface area contributed by atoms with Gasteiger partial charge in [-0.1, -0.05) is 29.8 Å². The van der Waals surface area contributed by atoms with E-state index in [4.69, 9.17) is 16.6 Å². The van der Waals surface area contributed by atoms with E-state index in [0.717, 1.165) is 17.0 Å². The second-order valence-electron chi connectivity index (χ2n) is 7.47. The van der Waals surface area contributed by atoms with Gasteiger partial charge in [-0.2, -0.15) is 0 Å². The number of aliphatic hydroxyl groups is 1. The summed E-state index contributed by atoms with van der Waals surface area (Å²) < 4.78 is 0. The number of urea groups is 1. The van der Waals surface area contributed by atoms with Crippen molar-refractivity contribution < 1.29 is 14.7 Å². The number of hydrogen-bond acceptors (Lipinski definition) is 6. The lowest BCUT2D eigenvalue weighted by Crippen LogP contribution is -2.64. The second kappa shape index (κ2) is 7.35. The third-order valence-corrected chi connectivity index (χ3v) is 6.20. The third-order valence-electron chi connectivity index (χ3n) is 5.83. The van der Waals surface area contributed by atoms with Crippen molar-refractivity contribution in [3.8, 4) is 0 Å². The van der Waals surface area contributed by atoms with Gasteiger partial charge in [-0.05, 0) is 31.9 Å². The number of nitrogens with zero attached hydrogens (tertiary/aromatic N) is 5. The highest BCUT2D eigenvalue weighted by Crippen LogP contribution is 2.38. The van der Waals surface area contributed by atoms with Crippen molar-refractivity contribution in [2.45, 2.75) is 39.0 Å². The van der Waals surface area contributed by atoms with E-state index in [1.807, 2.05) is 41.8 Å². The molecule has 0 bridgehead atoms. The summed E-state index contributed by atoms with van der Waals surface area (Å²) in [5.74, 6) is 0.379. The number of carbonyl (C=O) groups is 2. The molecule has 29 heavy (non-hydrogen) atoms. The van der Waals surface area contributed by atoms with Crippen LogP contribution >= 0.6 is 11.6 Å². The lowest BCUT2D eigenvalue weighted by atomic mass is 10.1. The summed E-state index contributed by atoms with van der Waals surface area (Å²) in [7, 11) is 1.67. The number of carbonyl (C=O) groups excluding carboxylic acids is 2. The normalized spacial score (nSPS) is 23.8. The molecule has 3 amide bonds. The number of hydrogen-bond donors (Lipinski definition) is 1. The summed E-state index contributed by atoms with van der Waals surface area (Å²) in [5, 5.41) is 9.74. The van der Waals surface area contributed by atoms with Gasteiger partial charge in [0.2, 0.25) is 5.96 Å². The van der Waals surface area contributed by atoms with Crippen LogP contribution in [0.25, 0.3) is 0 Å². The van der Waals surface area contributed by atoms with E-state index in [2.05, 4.69) is 0 Å². The largest absolute Gasteiger partial charge is 0.396 e. The molecule has 2 unspecified atom stereocenters. The Morgan fingerprint density at radius 1 is 1.14 bits per heavy atom. The molecule has 8 nitrogen and oxygen atoms in total. The molecule has 4 rings (SSSR count). The predicted octanol–water partition coefficient (Wildman–Crippen LogP) is 2.05. The zero-order chi connectivity index (χ0) is 20.9. The molecular formula is C20H24ClN5O3. The summed E-state index contributed by atoms with van der Waals surface area (Å²) in [5.41, 5.74) is 2.65. The first-order valence-corrected chi connectivity index (χ1v) is 9.99. The SMILES string of the molecule is CC1=C(C)N2C(=NC3C2C(=O)N(Cc2ccccc2Cl)C(=O)N3C)N1CCCO. The maximum atomic E-state index is 13.4. The molecule has 1 aromatic rings. The average molecular weight is 418 g/mol. The Morgan fingerprint density at radius 2 is 1.86 bits per heavy atom. The number of halogens is 1. The smallest absolute Gasteiger partial charge is 0.328 e. The minimum atomic E-state index is -0.607. The monoisotopic (exact) mass is 417 g/mol. The Morgan fingerprint density at radius 3 is 2.55 bits per heavy atom. The first kappa shape index (κ1) is 19.7. The van der Waals surface area contributed by atoms with Crippen LogP contribution in [0, 0.1) is 0 Å². The quantitative estimate of drug-likeness (QED) is 0.793. The molecule has 3 aliphatic heterocycles. The molecule has 154 valence electrons. The number of aliphatic imine (C=N–C) groups is 1. The summed E-state index contributed by atoms with van der Waals surface area (Å²) in [4.78, 5) is 37.8. The summed E-state index contributed by atoms with van der Waals surface area (Å²) in [6.07, 6.45) is 0.0147. The molecule has 0 radical (unpaired) electrons. The van der Waals surface area contributed by atoms with Gasteiger partial charge in [-0.25, -0.2) is 9.79 Å². The predicted molar refractivity (Wildman–Crippen MR) is 109 cm³/mol. The third kappa shape index (κ3) is 2.98. The summed E-state index contributed by atoms with van der Waals surface area (Å²) in [6.45, 7) is 4.72. The molecule has 1 N–H and O–H groups in total. The standard InChI is InChI=1S/C20H24ClN5O3/c1-12-13(2)26-16-17(22-19(26)24(12)9-6-10-27)23(3)20(29)25(18(16)28)11-14-7-4-5-8-15(14)21/h4-5,7-8,16-17,27H,6,9-11H2,1-3H3. The highest BCUT2D eigenvalue weighted by atomic mass is 35.5. The van der Waals surface area contributed by atoms with Crippen molar-refractivity contribution >= 4 is 29.5 Å². The fourth-order valence-corrected chi connectivity index (χ4v) is 4.32. The lowest BCUT2D eigenvalue weighted by Gasteiger charge is -2.40. The zero-order valence-corrected chi connectivity index (χ0v) is 17.4. The fraction of sp³-hybridized carbons (Fsp3) is 0.450. The average Bonchev–Trinajstić information content (AvgIpc) is 3.20. The van der Waals surface area contributed by atoms with E-state index in [0.29, 0.717) is 23.9 Å². The van der Waals surface area contributed by atoms with Gasteiger partial charge >= 0.3 is 6.03 Å². The highest BCUT2D eigenvalue weighted by molar-refractivity contribution is 6.31. The van der Waals surface area contributed by atoms with Gasteiger partial charge < -0.3 is 14.9 Å². The molecule has 0 aromatic heterocycles. The van der Waals surface area contributed by atoms with Crippen molar-refractivity contribution in [2.75, 3.05) is 20.2 Å². The Kier molecular flexibility index (Phi) is 5.00. The van der Waals surface area contributed by atoms with Gasteiger partial charge in [0.05, 0.1) is 6.54 Å². The molecule has 3 heterocycles. The van der Waals surface area contributed by atoms with E-state index in [1.54, 1.807) is 13.1 Å². The molecule has 9 heteroatoms. The first-order valence-electron chi connectivity index (χ1n) is 9.61. The van der Waals surface area contributed by atoms with Gasteiger partial charge in [0.15, 0.2) is 12.2 Å². The van der Waals surface area contributed by atoms with Crippen LogP contribution < -0.4 is 0 Å². The van der Waals surface area contributed by atoms with Gasteiger partial charge in [0.1, 0.15) is 0 Å². The van der Waals surface area contributed by atoms with E-state index in [-0.39, 0.29) is 25.1 Å². The summed E-state index contributed by atoms with van der Waals surface area (Å²) >= 11 is 6.26. The zero-order valence-electron chi connectivity index (χ0n) is 16.7. The number of benzene rings is 1. The molecule has 2 atom stereocenters. The van der Waals surface area contributed by atoms with Crippen LogP contribution in [0.1, 0.15) is 25.8 Å². The molecule has 1 saturated heterocycles. The number of fused-ring (bicyclic) bond motifs is 3. The van der Waals surface area contributed by atoms with Crippen LogP contribution in [0.3, 0.4) is 0 Å². The molecule has 3 aliphatic rings. The van der Waals surface area contributed by atoms with Crippen molar-refractivity contribution in [1.29, 1.82) is 0 Å². The van der Waals surface area contributed by atoms with Gasteiger partial charge in [0, 0.05) is 36.6 Å². The number of likely N-dealkylation sites (N-methyl/N-ethyl adjacent to an activating group) is 1. The van der Waals surface area contributed by atoms with Crippen LogP contribution in [0.4, 0.5) is 4.79 Å². The van der Waals surface area contributed by atoms with Crippen LogP contribution in [0.2, 0.25) is 5.02 Å². The number of rotatable bonds is 5. The van der Waals surface area contributed by atoms with Crippen LogP contribution in [-0.2, 0) is 11.3 Å². The van der Waals surface area contributed by atoms with Gasteiger partial charge in [-0.3, -0.25) is 14.6 Å². The van der Waals surface area contributed by atoms with E-state index in [9.17, 15) is 14.7 Å². The maximum absolute atomic E-state index is 13.4. The molecule has 0 spiro atoms. The molecule has 1 aromatic carbocycles. The molecule has 0 aliphatic carbocycles. The van der Waals surface area contributed by atoms with E-state index >= 15 is 0 Å². The second-order valence-corrected chi connectivity index (χ2v) is 7.87. The number of imide groups is 1. The molecule has 1 fully saturated rings. The molecule has 0 saturated carbocycles. The Hall–Kier alpha value is -2.58. The van der Waals surface area contributed by atoms with Gasteiger partial charge in [0.25, 0.3) is 5.91 Å². The fourth-order valence-electron chi connectivity index (χ4n) is 4.12. The Balaban J connectivity index is 1.66. The number of guanidine groups is 1. The number of aliphatic hydroxyl groups excluding tert-OH is 1. The Bertz CT molecular complexity index is 930. The van der Waals surface area contributed by atoms with Gasteiger partial charge in [-0.15, -0.1) is 0 Å². The Labute approximate surface area is 174 Å². The van der Waals surface area contributed by atoms with Crippen molar-refractivity contribution in [3.05, 3.63) is 46.2 Å². The van der Waals surface area contributed by atoms with E-state index in [1.165, 1.54) is 9.80 Å². The molecular weight excluding hydrogens is 394 g/mol. The van der Waals surface area contributed by atoms with Crippen LogP contribution in [0.5, 0.6) is 0 Å². The lowest BCUT2D eigenvalue weighted by molar-refractivity contribution is -0.137. The van der Waals surface area contributed by atoms with Crippen LogP contribution in [-0.4, -0.2) is 75.0 Å². The van der Waals surface area contributed by atoms with E-state index < -0.39 is 12.2 Å². The highest BCUT2D eigenvalue weighted by Gasteiger charge is 2.55. The first-order chi connectivity index (χ1) is 13.9. The van der Waals surface area contributed by atoms with Crippen molar-refractivity contribution in [3.63, 3.8) is 0 Å². The summed E-state index contributed by atoms with van der Waals surface area (Å²) in [6, 6.07) is 6.21. The van der Waals surface area contributed by atoms with Crippen molar-refractivity contribution in [1.82, 2.24) is 19.6 Å². The number of amides is 3. The minimum Gasteiger partial charge on any atom is -0.396 e. The number of allylic oxidation sites excluding steroid dienone is 2. The van der Waals surface area contributed by atoms with Crippen LogP contribution in [0.15, 0.2) is 40.7 Å². The topological polar surface area (TPSA) is 79.7 Å². The minimum absolute atomic E-state index is 0.0753.